The molecular weight excluding hydrogens is 187 g/mol. The molecule has 0 N–H and O–H groups in total. The molecule has 4 nitrogen and oxygen atoms in total. The normalized spacial score (nSPS) is 16.3. The first-order chi connectivity index (χ1) is 3.98. The molecule has 0 saturated heterocycles. The molecule has 1 unspecified atom stereocenters. The van der Waals surface area contributed by atoms with Crippen LogP contribution < -0.4 is 0 Å². The first-order valence-corrected chi connectivity index (χ1v) is 6.49. The summed E-state index contributed by atoms with van der Waals surface area (Å²) in [4.78, 5) is 10.2. The number of carbonyl (C=O) groups excluding carboxylic acids is 1. The number of hydrogen-bond donors (Lipinski definition) is 0. The molecule has 5 heteroatoms. The van der Waals surface area contributed by atoms with E-state index in [9.17, 15) is 8.53 Å². The quantitative estimate of drug-likeness (QED) is 0.591. The maximum atomic E-state index is 10.8. The topological polar surface area (TPSA) is 52.6 Å². The minimum atomic E-state index is -3.65. The third kappa shape index (κ3) is 4.30. The van der Waals surface area contributed by atoms with Crippen molar-refractivity contribution in [3.05, 3.63) is 0 Å². The van der Waals surface area contributed by atoms with Gasteiger partial charge in [0.25, 0.3) is 0 Å². The van der Waals surface area contributed by atoms with Gasteiger partial charge in [0.15, 0.2) is 0 Å². The minimum absolute atomic E-state index is 0.568. The molecule has 9 heavy (non-hydrogen) atoms. The summed E-state index contributed by atoms with van der Waals surface area (Å²) in [6, 6.07) is 0. The van der Waals surface area contributed by atoms with Crippen LogP contribution >= 0.6 is 0 Å². The zero-order valence-electron chi connectivity index (χ0n) is 5.58. The van der Waals surface area contributed by atoms with Gasteiger partial charge in [-0.15, -0.1) is 0 Å². The molecule has 0 amide bonds. The van der Waals surface area contributed by atoms with Gasteiger partial charge in [-0.3, -0.25) is 0 Å². The molecule has 0 saturated carbocycles. The fourth-order valence-corrected chi connectivity index (χ4v) is 1.41. The molecule has 0 spiro atoms. The van der Waals surface area contributed by atoms with E-state index in [0.29, 0.717) is 0 Å². The van der Waals surface area contributed by atoms with Gasteiger partial charge < -0.3 is 0 Å². The fraction of sp³-hybridized carbons (Fsp3) is 0.750. The van der Waals surface area contributed by atoms with E-state index in [1.165, 1.54) is 19.7 Å². The van der Waals surface area contributed by atoms with Gasteiger partial charge in [0, 0.05) is 0 Å². The SMILES string of the molecule is CO[As](C)(=O)OC(C)=O. The molecular formula is C4H9AsO4. The van der Waals surface area contributed by atoms with Crippen molar-refractivity contribution < 1.29 is 16.0 Å². The Balaban J connectivity index is 3.88. The second kappa shape index (κ2) is 3.08. The Morgan fingerprint density at radius 3 is 2.11 bits per heavy atom. The van der Waals surface area contributed by atoms with E-state index in [0.717, 1.165) is 0 Å². The van der Waals surface area contributed by atoms with Crippen LogP contribution in [0.4, 0.5) is 0 Å². The van der Waals surface area contributed by atoms with Crippen LogP contribution in [-0.2, 0) is 16.0 Å². The Morgan fingerprint density at radius 1 is 1.56 bits per heavy atom. The first-order valence-electron chi connectivity index (χ1n) is 2.31. The standard InChI is InChI=1S/C4H9AsO4/c1-4(6)9-5(2,7)8-3/h1-3H3. The second-order valence-electron chi connectivity index (χ2n) is 1.54. The molecule has 0 heterocycles. The first kappa shape index (κ1) is 8.79. The van der Waals surface area contributed by atoms with Crippen molar-refractivity contribution in [1.82, 2.24) is 0 Å². The summed E-state index contributed by atoms with van der Waals surface area (Å²) in [5.74, 6) is -0.568. The van der Waals surface area contributed by atoms with Gasteiger partial charge >= 0.3 is 55.9 Å². The van der Waals surface area contributed by atoms with Crippen LogP contribution in [0.1, 0.15) is 6.92 Å². The summed E-state index contributed by atoms with van der Waals surface area (Å²) in [6.07, 6.45) is 0. The molecule has 0 aliphatic heterocycles. The second-order valence-corrected chi connectivity index (χ2v) is 5.92. The van der Waals surface area contributed by atoms with Crippen LogP contribution in [-0.4, -0.2) is 27.3 Å². The maximum absolute atomic E-state index is 10.8. The van der Waals surface area contributed by atoms with E-state index in [2.05, 4.69) is 7.45 Å². The van der Waals surface area contributed by atoms with Crippen molar-refractivity contribution in [3.8, 4) is 0 Å². The van der Waals surface area contributed by atoms with Crippen LogP contribution in [0.5, 0.6) is 0 Å². The van der Waals surface area contributed by atoms with Crippen molar-refractivity contribution in [3.63, 3.8) is 0 Å². The van der Waals surface area contributed by atoms with E-state index < -0.39 is 20.1 Å². The average molecular weight is 196 g/mol. The molecule has 0 aromatic heterocycles. The van der Waals surface area contributed by atoms with Crippen molar-refractivity contribution in [2.45, 2.75) is 12.6 Å². The Kier molecular flexibility index (Phi) is 3.01. The zero-order chi connectivity index (χ0) is 7.49. The molecule has 0 aliphatic rings. The van der Waals surface area contributed by atoms with E-state index in [1.807, 2.05) is 0 Å². The van der Waals surface area contributed by atoms with Gasteiger partial charge in [-0.25, -0.2) is 0 Å². The summed E-state index contributed by atoms with van der Waals surface area (Å²) in [5.41, 5.74) is 1.29. The van der Waals surface area contributed by atoms with Gasteiger partial charge in [0.2, 0.25) is 0 Å². The third-order valence-corrected chi connectivity index (χ3v) is 3.25. The molecule has 54 valence electrons. The van der Waals surface area contributed by atoms with Gasteiger partial charge in [0.1, 0.15) is 0 Å². The van der Waals surface area contributed by atoms with Crippen LogP contribution in [0.25, 0.3) is 0 Å². The number of carbonyl (C=O) groups is 1. The summed E-state index contributed by atoms with van der Waals surface area (Å²) in [7, 11) is 1.25. The van der Waals surface area contributed by atoms with Crippen LogP contribution in [0.15, 0.2) is 0 Å². The third-order valence-electron chi connectivity index (χ3n) is 0.626. The van der Waals surface area contributed by atoms with Gasteiger partial charge in [-0.2, -0.15) is 0 Å². The average Bonchev–Trinajstić information content (AvgIpc) is 1.63. The van der Waals surface area contributed by atoms with Gasteiger partial charge in [-0.05, 0) is 0 Å². The summed E-state index contributed by atoms with van der Waals surface area (Å²) < 4.78 is 19.6. The van der Waals surface area contributed by atoms with Crippen molar-refractivity contribution >= 4 is 20.1 Å². The Hall–Kier alpha value is -0.212. The van der Waals surface area contributed by atoms with Crippen molar-refractivity contribution in [1.29, 1.82) is 0 Å². The fourth-order valence-electron chi connectivity index (χ4n) is 0.271. The molecule has 0 rings (SSSR count). The molecule has 0 aromatic rings. The zero-order valence-corrected chi connectivity index (χ0v) is 7.46. The Morgan fingerprint density at radius 2 is 2.00 bits per heavy atom. The predicted molar refractivity (Wildman–Crippen MR) is 31.1 cm³/mol. The number of hydrogen-bond acceptors (Lipinski definition) is 4. The van der Waals surface area contributed by atoms with Crippen LogP contribution in [0, 0.1) is 0 Å². The molecule has 0 fully saturated rings. The predicted octanol–water partition coefficient (Wildman–Crippen LogP) is 0.195. The van der Waals surface area contributed by atoms with Crippen molar-refractivity contribution in [2.24, 2.45) is 0 Å². The Bertz CT molecular complexity index is 153. The van der Waals surface area contributed by atoms with Gasteiger partial charge in [0.05, 0.1) is 0 Å². The summed E-state index contributed by atoms with van der Waals surface area (Å²) in [6.45, 7) is 1.19. The molecule has 1 atom stereocenters. The molecule has 0 aliphatic carbocycles. The van der Waals surface area contributed by atoms with E-state index in [4.69, 9.17) is 0 Å². The van der Waals surface area contributed by atoms with Crippen LogP contribution in [0.3, 0.4) is 0 Å². The van der Waals surface area contributed by atoms with Gasteiger partial charge in [-0.1, -0.05) is 0 Å². The number of rotatable bonds is 2. The summed E-state index contributed by atoms with van der Waals surface area (Å²) >= 11 is -3.65. The van der Waals surface area contributed by atoms with E-state index in [-0.39, 0.29) is 0 Å². The van der Waals surface area contributed by atoms with Crippen LogP contribution in [0.2, 0.25) is 5.71 Å². The van der Waals surface area contributed by atoms with E-state index in [1.54, 1.807) is 0 Å². The van der Waals surface area contributed by atoms with E-state index >= 15 is 0 Å². The molecule has 0 bridgehead atoms. The monoisotopic (exact) mass is 196 g/mol. The van der Waals surface area contributed by atoms with Crippen molar-refractivity contribution in [2.75, 3.05) is 7.11 Å². The summed E-state index contributed by atoms with van der Waals surface area (Å²) in [5, 5.41) is 0. The molecule has 0 radical (unpaired) electrons. The Labute approximate surface area is 56.5 Å². The molecule has 0 aromatic carbocycles.